The number of carbonyl (C=O) groups excluding carboxylic acids is 1. The van der Waals surface area contributed by atoms with Gasteiger partial charge in [0.05, 0.1) is 0 Å². The van der Waals surface area contributed by atoms with Gasteiger partial charge in [-0.3, -0.25) is 4.79 Å². The van der Waals surface area contributed by atoms with E-state index < -0.39 is 0 Å². The normalized spacial score (nSPS) is 9.69. The van der Waals surface area contributed by atoms with Crippen molar-refractivity contribution in [3.8, 4) is 0 Å². The number of hydrogen-bond donors (Lipinski definition) is 0. The SMILES string of the molecule is C=C(C)CC(=O)c1ccc(Cl)nc1. The number of allylic oxidation sites excluding steroid dienone is 1. The summed E-state index contributed by atoms with van der Waals surface area (Å²) in [5, 5.41) is 0.395. The van der Waals surface area contributed by atoms with Gasteiger partial charge < -0.3 is 0 Å². The van der Waals surface area contributed by atoms with E-state index in [2.05, 4.69) is 11.6 Å². The lowest BCUT2D eigenvalue weighted by molar-refractivity contribution is 0.0993. The molecule has 0 saturated carbocycles. The van der Waals surface area contributed by atoms with Crippen LogP contribution in [0.2, 0.25) is 5.15 Å². The van der Waals surface area contributed by atoms with Crippen LogP contribution in [0.1, 0.15) is 23.7 Å². The predicted molar refractivity (Wildman–Crippen MR) is 53.0 cm³/mol. The van der Waals surface area contributed by atoms with Crippen molar-refractivity contribution in [2.24, 2.45) is 0 Å². The van der Waals surface area contributed by atoms with Crippen molar-refractivity contribution in [1.82, 2.24) is 4.98 Å². The van der Waals surface area contributed by atoms with Crippen molar-refractivity contribution >= 4 is 17.4 Å². The maximum absolute atomic E-state index is 11.4. The molecule has 0 saturated heterocycles. The average molecular weight is 196 g/mol. The zero-order valence-electron chi connectivity index (χ0n) is 7.38. The first kappa shape index (κ1) is 9.93. The first-order chi connectivity index (χ1) is 6.09. The summed E-state index contributed by atoms with van der Waals surface area (Å²) in [6.07, 6.45) is 1.84. The molecule has 13 heavy (non-hydrogen) atoms. The molecule has 2 nitrogen and oxygen atoms in total. The Morgan fingerprint density at radius 3 is 2.77 bits per heavy atom. The molecule has 1 aromatic rings. The van der Waals surface area contributed by atoms with E-state index in [1.165, 1.54) is 6.20 Å². The molecule has 1 rings (SSSR count). The minimum atomic E-state index is 0.0247. The lowest BCUT2D eigenvalue weighted by Crippen LogP contribution is -1.99. The summed E-state index contributed by atoms with van der Waals surface area (Å²) in [6.45, 7) is 5.49. The van der Waals surface area contributed by atoms with E-state index in [9.17, 15) is 4.79 Å². The molecule has 0 aliphatic carbocycles. The minimum absolute atomic E-state index is 0.0247. The Morgan fingerprint density at radius 1 is 1.62 bits per heavy atom. The van der Waals surface area contributed by atoms with Crippen LogP contribution >= 0.6 is 11.6 Å². The summed E-state index contributed by atoms with van der Waals surface area (Å²) >= 11 is 5.58. The Morgan fingerprint density at radius 2 is 2.31 bits per heavy atom. The van der Waals surface area contributed by atoms with Crippen LogP contribution in [0.3, 0.4) is 0 Å². The van der Waals surface area contributed by atoms with Crippen LogP contribution in [0.5, 0.6) is 0 Å². The lowest BCUT2D eigenvalue weighted by Gasteiger charge is -1.99. The van der Waals surface area contributed by atoms with E-state index in [0.29, 0.717) is 17.1 Å². The van der Waals surface area contributed by atoms with Gasteiger partial charge in [0.25, 0.3) is 0 Å². The van der Waals surface area contributed by atoms with Crippen LogP contribution < -0.4 is 0 Å². The lowest BCUT2D eigenvalue weighted by atomic mass is 10.1. The molecule has 0 radical (unpaired) electrons. The topological polar surface area (TPSA) is 30.0 Å². The largest absolute Gasteiger partial charge is 0.294 e. The third-order valence-corrected chi connectivity index (χ3v) is 1.74. The number of hydrogen-bond acceptors (Lipinski definition) is 2. The summed E-state index contributed by atoms with van der Waals surface area (Å²) in [5.74, 6) is 0.0247. The Bertz CT molecular complexity index is 329. The maximum atomic E-state index is 11.4. The zero-order chi connectivity index (χ0) is 9.84. The van der Waals surface area contributed by atoms with Gasteiger partial charge in [0.15, 0.2) is 5.78 Å². The Labute approximate surface area is 82.3 Å². The molecule has 0 aliphatic rings. The third-order valence-electron chi connectivity index (χ3n) is 1.51. The van der Waals surface area contributed by atoms with Crippen LogP contribution in [-0.2, 0) is 0 Å². The molecule has 0 amide bonds. The quantitative estimate of drug-likeness (QED) is 0.422. The van der Waals surface area contributed by atoms with E-state index in [4.69, 9.17) is 11.6 Å². The second kappa shape index (κ2) is 4.19. The van der Waals surface area contributed by atoms with Crippen LogP contribution in [-0.4, -0.2) is 10.8 Å². The number of ketones is 1. The van der Waals surface area contributed by atoms with Gasteiger partial charge in [-0.25, -0.2) is 4.98 Å². The minimum Gasteiger partial charge on any atom is -0.294 e. The smallest absolute Gasteiger partial charge is 0.168 e. The molecule has 68 valence electrons. The first-order valence-electron chi connectivity index (χ1n) is 3.88. The van der Waals surface area contributed by atoms with Crippen molar-refractivity contribution in [2.75, 3.05) is 0 Å². The molecule has 1 aromatic heterocycles. The van der Waals surface area contributed by atoms with E-state index in [1.807, 2.05) is 6.92 Å². The fourth-order valence-corrected chi connectivity index (χ4v) is 1.03. The monoisotopic (exact) mass is 195 g/mol. The van der Waals surface area contributed by atoms with E-state index in [1.54, 1.807) is 12.1 Å². The maximum Gasteiger partial charge on any atom is 0.168 e. The van der Waals surface area contributed by atoms with Gasteiger partial charge >= 0.3 is 0 Å². The fraction of sp³-hybridized carbons (Fsp3) is 0.200. The van der Waals surface area contributed by atoms with E-state index >= 15 is 0 Å². The second-order valence-corrected chi connectivity index (χ2v) is 3.31. The summed E-state index contributed by atoms with van der Waals surface area (Å²) < 4.78 is 0. The average Bonchev–Trinajstić information content (AvgIpc) is 2.04. The zero-order valence-corrected chi connectivity index (χ0v) is 8.14. The van der Waals surface area contributed by atoms with Crippen LogP contribution in [0, 0.1) is 0 Å². The molecule has 0 atom stereocenters. The Balaban J connectivity index is 2.78. The number of carbonyl (C=O) groups is 1. The molecule has 0 N–H and O–H groups in total. The van der Waals surface area contributed by atoms with Gasteiger partial charge in [-0.05, 0) is 19.1 Å². The molecule has 0 fully saturated rings. The Kier molecular flexibility index (Phi) is 3.20. The first-order valence-corrected chi connectivity index (χ1v) is 4.26. The van der Waals surface area contributed by atoms with Gasteiger partial charge in [-0.2, -0.15) is 0 Å². The van der Waals surface area contributed by atoms with Gasteiger partial charge in [-0.1, -0.05) is 23.8 Å². The summed E-state index contributed by atoms with van der Waals surface area (Å²) in [6, 6.07) is 3.27. The molecular formula is C10H10ClNO. The molecule has 1 heterocycles. The summed E-state index contributed by atoms with van der Waals surface area (Å²) in [5.41, 5.74) is 1.42. The number of rotatable bonds is 3. The molecule has 0 bridgehead atoms. The number of pyridine rings is 1. The highest BCUT2D eigenvalue weighted by Crippen LogP contribution is 2.09. The van der Waals surface area contributed by atoms with Gasteiger partial charge in [-0.15, -0.1) is 0 Å². The summed E-state index contributed by atoms with van der Waals surface area (Å²) in [4.78, 5) is 15.2. The molecular weight excluding hydrogens is 186 g/mol. The fourth-order valence-electron chi connectivity index (χ4n) is 0.917. The third kappa shape index (κ3) is 2.99. The molecule has 0 unspecified atom stereocenters. The molecule has 0 spiro atoms. The van der Waals surface area contributed by atoms with Crippen molar-refractivity contribution < 1.29 is 4.79 Å². The highest BCUT2D eigenvalue weighted by Gasteiger charge is 2.05. The molecule has 3 heteroatoms. The number of nitrogens with zero attached hydrogens (tertiary/aromatic N) is 1. The van der Waals surface area contributed by atoms with Crippen molar-refractivity contribution in [3.63, 3.8) is 0 Å². The van der Waals surface area contributed by atoms with Gasteiger partial charge in [0.1, 0.15) is 5.15 Å². The van der Waals surface area contributed by atoms with Gasteiger partial charge in [0.2, 0.25) is 0 Å². The predicted octanol–water partition coefficient (Wildman–Crippen LogP) is 2.88. The second-order valence-electron chi connectivity index (χ2n) is 2.93. The van der Waals surface area contributed by atoms with Crippen molar-refractivity contribution in [3.05, 3.63) is 41.2 Å². The highest BCUT2D eigenvalue weighted by atomic mass is 35.5. The van der Waals surface area contributed by atoms with Crippen LogP contribution in [0.15, 0.2) is 30.5 Å². The molecule has 0 aliphatic heterocycles. The van der Waals surface area contributed by atoms with E-state index in [0.717, 1.165) is 5.57 Å². The van der Waals surface area contributed by atoms with Crippen LogP contribution in [0.25, 0.3) is 0 Å². The van der Waals surface area contributed by atoms with Gasteiger partial charge in [0, 0.05) is 18.2 Å². The summed E-state index contributed by atoms with van der Waals surface area (Å²) in [7, 11) is 0. The number of halogens is 1. The van der Waals surface area contributed by atoms with Crippen molar-refractivity contribution in [2.45, 2.75) is 13.3 Å². The van der Waals surface area contributed by atoms with Crippen molar-refractivity contribution in [1.29, 1.82) is 0 Å². The van der Waals surface area contributed by atoms with E-state index in [-0.39, 0.29) is 5.78 Å². The number of Topliss-reactive ketones (excluding diaryl/α,β-unsaturated/α-hetero) is 1. The van der Waals surface area contributed by atoms with Crippen LogP contribution in [0.4, 0.5) is 0 Å². The highest BCUT2D eigenvalue weighted by molar-refractivity contribution is 6.29. The standard InChI is InChI=1S/C10H10ClNO/c1-7(2)5-9(13)8-3-4-10(11)12-6-8/h3-4,6H,1,5H2,2H3. The number of aromatic nitrogens is 1. The molecule has 0 aromatic carbocycles. The Hall–Kier alpha value is -1.15.